The van der Waals surface area contributed by atoms with Crippen molar-refractivity contribution in [1.29, 1.82) is 0 Å². The first-order valence-corrected chi connectivity index (χ1v) is 3.13. The zero-order valence-electron chi connectivity index (χ0n) is 5.74. The maximum absolute atomic E-state index is 9.10. The highest BCUT2D eigenvalue weighted by Crippen LogP contribution is 2.08. The molecule has 0 aliphatic carbocycles. The molecule has 0 saturated carbocycles. The summed E-state index contributed by atoms with van der Waals surface area (Å²) in [5.74, 6) is 0. The van der Waals surface area contributed by atoms with Crippen LogP contribution in [-0.2, 0) is 4.74 Å². The smallest absolute Gasteiger partial charge is 0.200 e. The minimum atomic E-state index is -0.892. The van der Waals surface area contributed by atoms with Crippen LogP contribution in [-0.4, -0.2) is 21.7 Å². The van der Waals surface area contributed by atoms with Gasteiger partial charge in [-0.1, -0.05) is 0 Å². The van der Waals surface area contributed by atoms with Crippen molar-refractivity contribution in [2.45, 2.75) is 13.2 Å². The Hall–Kier alpha value is -0.870. The zero-order valence-corrected chi connectivity index (χ0v) is 5.74. The molecule has 0 fully saturated rings. The van der Waals surface area contributed by atoms with Gasteiger partial charge >= 0.3 is 0 Å². The summed E-state index contributed by atoms with van der Waals surface area (Å²) in [6.45, 7) is 2.30. The topological polar surface area (TPSA) is 58.1 Å². The van der Waals surface area contributed by atoms with E-state index in [2.05, 4.69) is 9.97 Å². The first-order valence-electron chi connectivity index (χ1n) is 3.13. The Morgan fingerprint density at radius 2 is 2.70 bits per heavy atom. The van der Waals surface area contributed by atoms with Crippen LogP contribution in [0, 0.1) is 0 Å². The van der Waals surface area contributed by atoms with Gasteiger partial charge in [-0.05, 0) is 6.92 Å². The normalized spacial score (nSPS) is 13.4. The quantitative estimate of drug-likeness (QED) is 0.602. The van der Waals surface area contributed by atoms with Crippen LogP contribution in [0.5, 0.6) is 0 Å². The van der Waals surface area contributed by atoms with Gasteiger partial charge in [-0.25, -0.2) is 4.98 Å². The average Bonchev–Trinajstić information content (AvgIpc) is 2.38. The van der Waals surface area contributed by atoms with Crippen LogP contribution in [0.3, 0.4) is 0 Å². The number of nitrogens with one attached hydrogen (secondary N) is 1. The second kappa shape index (κ2) is 3.34. The highest BCUT2D eigenvalue weighted by molar-refractivity contribution is 4.95. The van der Waals surface area contributed by atoms with Gasteiger partial charge in [0.25, 0.3) is 0 Å². The number of aromatic nitrogens is 2. The van der Waals surface area contributed by atoms with Crippen molar-refractivity contribution in [2.75, 3.05) is 6.61 Å². The summed E-state index contributed by atoms with van der Waals surface area (Å²) in [6.07, 6.45) is 2.20. The van der Waals surface area contributed by atoms with E-state index in [0.717, 1.165) is 0 Å². The monoisotopic (exact) mass is 142 g/mol. The maximum atomic E-state index is 9.10. The molecule has 0 amide bonds. The molecule has 1 aromatic rings. The minimum Gasteiger partial charge on any atom is -0.363 e. The van der Waals surface area contributed by atoms with Crippen molar-refractivity contribution in [2.24, 2.45) is 0 Å². The Morgan fingerprint density at radius 3 is 3.20 bits per heavy atom. The Kier molecular flexibility index (Phi) is 2.42. The number of nitrogens with zero attached hydrogens (tertiary/aromatic N) is 1. The van der Waals surface area contributed by atoms with Crippen LogP contribution in [0.4, 0.5) is 0 Å². The van der Waals surface area contributed by atoms with Crippen molar-refractivity contribution in [3.63, 3.8) is 0 Å². The molecular weight excluding hydrogens is 132 g/mol. The summed E-state index contributed by atoms with van der Waals surface area (Å²) in [6, 6.07) is 0. The number of rotatable bonds is 3. The second-order valence-electron chi connectivity index (χ2n) is 1.80. The predicted octanol–water partition coefficient (Wildman–Crippen LogP) is 0.437. The largest absolute Gasteiger partial charge is 0.363 e. The van der Waals surface area contributed by atoms with Crippen LogP contribution in [0.25, 0.3) is 0 Å². The van der Waals surface area contributed by atoms with Crippen molar-refractivity contribution < 1.29 is 9.84 Å². The molecule has 0 spiro atoms. The molecule has 1 heterocycles. The molecule has 0 bridgehead atoms. The summed E-state index contributed by atoms with van der Waals surface area (Å²) >= 11 is 0. The fourth-order valence-electron chi connectivity index (χ4n) is 0.650. The molecular formula is C6H10N2O2. The second-order valence-corrected chi connectivity index (χ2v) is 1.80. The molecule has 0 radical (unpaired) electrons. The van der Waals surface area contributed by atoms with E-state index in [1.54, 1.807) is 6.20 Å². The summed E-state index contributed by atoms with van der Waals surface area (Å²) in [7, 11) is 0. The lowest BCUT2D eigenvalue weighted by Gasteiger charge is -2.05. The SMILES string of the molecule is CCOC(O)c1c[nH]cn1. The summed E-state index contributed by atoms with van der Waals surface area (Å²) in [4.78, 5) is 6.52. The van der Waals surface area contributed by atoms with Crippen LogP contribution >= 0.6 is 0 Å². The molecule has 4 heteroatoms. The predicted molar refractivity (Wildman–Crippen MR) is 35.2 cm³/mol. The van der Waals surface area contributed by atoms with E-state index >= 15 is 0 Å². The number of hydrogen-bond donors (Lipinski definition) is 2. The van der Waals surface area contributed by atoms with Gasteiger partial charge in [0.1, 0.15) is 5.69 Å². The molecule has 1 aromatic heterocycles. The Bertz CT molecular complexity index is 174. The lowest BCUT2D eigenvalue weighted by Crippen LogP contribution is -2.02. The molecule has 0 aliphatic heterocycles. The molecule has 10 heavy (non-hydrogen) atoms. The van der Waals surface area contributed by atoms with Gasteiger partial charge in [-0.3, -0.25) is 0 Å². The standard InChI is InChI=1S/C6H10N2O2/c1-2-10-6(9)5-3-7-4-8-5/h3-4,6,9H,2H2,1H3,(H,7,8). The van der Waals surface area contributed by atoms with Gasteiger partial charge in [-0.15, -0.1) is 0 Å². The number of aromatic amines is 1. The van der Waals surface area contributed by atoms with E-state index in [9.17, 15) is 0 Å². The van der Waals surface area contributed by atoms with Crippen LogP contribution in [0.15, 0.2) is 12.5 Å². The van der Waals surface area contributed by atoms with Crippen molar-refractivity contribution in [3.05, 3.63) is 18.2 Å². The van der Waals surface area contributed by atoms with E-state index in [1.807, 2.05) is 6.92 Å². The highest BCUT2D eigenvalue weighted by Gasteiger charge is 2.06. The van der Waals surface area contributed by atoms with Crippen molar-refractivity contribution in [3.8, 4) is 0 Å². The molecule has 4 nitrogen and oxygen atoms in total. The molecule has 1 atom stereocenters. The van der Waals surface area contributed by atoms with Crippen molar-refractivity contribution in [1.82, 2.24) is 9.97 Å². The molecule has 1 rings (SSSR count). The lowest BCUT2D eigenvalue weighted by molar-refractivity contribution is -0.100. The molecule has 0 aliphatic rings. The zero-order chi connectivity index (χ0) is 7.40. The highest BCUT2D eigenvalue weighted by atomic mass is 16.6. The Balaban J connectivity index is 2.50. The van der Waals surface area contributed by atoms with Crippen molar-refractivity contribution >= 4 is 0 Å². The first-order chi connectivity index (χ1) is 4.84. The lowest BCUT2D eigenvalue weighted by atomic mass is 10.5. The molecule has 1 unspecified atom stereocenters. The maximum Gasteiger partial charge on any atom is 0.200 e. The fourth-order valence-corrected chi connectivity index (χ4v) is 0.650. The number of H-pyrrole nitrogens is 1. The summed E-state index contributed by atoms with van der Waals surface area (Å²) in [5.41, 5.74) is 0.516. The minimum absolute atomic E-state index is 0.480. The van der Waals surface area contributed by atoms with E-state index < -0.39 is 6.29 Å². The summed E-state index contributed by atoms with van der Waals surface area (Å²) < 4.78 is 4.86. The van der Waals surface area contributed by atoms with E-state index in [1.165, 1.54) is 6.33 Å². The molecule has 0 aromatic carbocycles. The summed E-state index contributed by atoms with van der Waals surface area (Å²) in [5, 5.41) is 9.10. The number of ether oxygens (including phenoxy) is 1. The Morgan fingerprint density at radius 1 is 1.90 bits per heavy atom. The van der Waals surface area contributed by atoms with E-state index in [0.29, 0.717) is 12.3 Å². The van der Waals surface area contributed by atoms with Crippen LogP contribution in [0.1, 0.15) is 18.9 Å². The van der Waals surface area contributed by atoms with Gasteiger partial charge in [0.2, 0.25) is 0 Å². The number of imidazole rings is 1. The van der Waals surface area contributed by atoms with Gasteiger partial charge in [0.15, 0.2) is 6.29 Å². The number of hydrogen-bond acceptors (Lipinski definition) is 3. The van der Waals surface area contributed by atoms with Crippen LogP contribution < -0.4 is 0 Å². The van der Waals surface area contributed by atoms with Gasteiger partial charge in [0, 0.05) is 12.8 Å². The fraction of sp³-hybridized carbons (Fsp3) is 0.500. The van der Waals surface area contributed by atoms with E-state index in [-0.39, 0.29) is 0 Å². The average molecular weight is 142 g/mol. The van der Waals surface area contributed by atoms with Gasteiger partial charge < -0.3 is 14.8 Å². The van der Waals surface area contributed by atoms with Crippen LogP contribution in [0.2, 0.25) is 0 Å². The molecule has 0 saturated heterocycles. The first kappa shape index (κ1) is 7.24. The Labute approximate surface area is 58.9 Å². The van der Waals surface area contributed by atoms with E-state index in [4.69, 9.17) is 9.84 Å². The van der Waals surface area contributed by atoms with Gasteiger partial charge in [0.05, 0.1) is 6.33 Å². The molecule has 56 valence electrons. The number of aliphatic hydroxyl groups is 1. The number of aliphatic hydroxyl groups excluding tert-OH is 1. The third-order valence-electron chi connectivity index (χ3n) is 1.10. The third kappa shape index (κ3) is 1.55. The third-order valence-corrected chi connectivity index (χ3v) is 1.10. The molecule has 2 N–H and O–H groups in total. The van der Waals surface area contributed by atoms with Gasteiger partial charge in [-0.2, -0.15) is 0 Å².